The molecule has 1 aromatic heterocycles. The molecule has 0 saturated carbocycles. The number of nitrogens with zero attached hydrogens (tertiary/aromatic N) is 3. The molecule has 0 spiro atoms. The lowest BCUT2D eigenvalue weighted by Gasteiger charge is -2.21. The van der Waals surface area contributed by atoms with Crippen molar-refractivity contribution in [2.24, 2.45) is 0 Å². The number of carbonyl (C=O) groups excluding carboxylic acids is 1. The third-order valence-corrected chi connectivity index (χ3v) is 4.30. The van der Waals surface area contributed by atoms with Gasteiger partial charge in [0.15, 0.2) is 5.69 Å². The van der Waals surface area contributed by atoms with Gasteiger partial charge in [0, 0.05) is 19.6 Å². The minimum absolute atomic E-state index is 0.168. The summed E-state index contributed by atoms with van der Waals surface area (Å²) in [4.78, 5) is 27.3. The highest BCUT2D eigenvalue weighted by molar-refractivity contribution is 5.95. The molecule has 0 atom stereocenters. The van der Waals surface area contributed by atoms with E-state index in [1.165, 1.54) is 12.1 Å². The van der Waals surface area contributed by atoms with Crippen LogP contribution < -0.4 is 5.43 Å². The molecular formula is C20H20FN3O2. The van der Waals surface area contributed by atoms with Crippen LogP contribution in [-0.4, -0.2) is 27.1 Å². The van der Waals surface area contributed by atoms with Gasteiger partial charge in [-0.1, -0.05) is 30.3 Å². The van der Waals surface area contributed by atoms with Crippen LogP contribution in [0.15, 0.2) is 53.3 Å². The Morgan fingerprint density at radius 2 is 1.88 bits per heavy atom. The molecule has 0 radical (unpaired) electrons. The van der Waals surface area contributed by atoms with Crippen LogP contribution in [0.3, 0.4) is 0 Å². The first-order chi connectivity index (χ1) is 12.5. The SMILES string of the molecule is CCN(Cc1ccccc1)C(=O)c1nn(CC)c2ccc(F)cc2c1=O. The number of hydrogen-bond donors (Lipinski definition) is 0. The zero-order valence-electron chi connectivity index (χ0n) is 14.8. The number of fused-ring (bicyclic) bond motifs is 1. The molecule has 0 N–H and O–H groups in total. The molecule has 134 valence electrons. The number of hydrogen-bond acceptors (Lipinski definition) is 3. The van der Waals surface area contributed by atoms with E-state index in [9.17, 15) is 14.0 Å². The maximum absolute atomic E-state index is 13.6. The molecule has 0 unspecified atom stereocenters. The van der Waals surface area contributed by atoms with Crippen LogP contribution in [0.1, 0.15) is 29.9 Å². The van der Waals surface area contributed by atoms with Crippen LogP contribution in [0.4, 0.5) is 4.39 Å². The van der Waals surface area contributed by atoms with Crippen LogP contribution in [0.5, 0.6) is 0 Å². The first-order valence-electron chi connectivity index (χ1n) is 8.58. The number of benzene rings is 2. The van der Waals surface area contributed by atoms with Crippen LogP contribution in [0, 0.1) is 5.82 Å². The summed E-state index contributed by atoms with van der Waals surface area (Å²) in [5.74, 6) is -0.965. The third-order valence-electron chi connectivity index (χ3n) is 4.30. The predicted octanol–water partition coefficient (Wildman–Crippen LogP) is 3.22. The Bertz CT molecular complexity index is 999. The van der Waals surface area contributed by atoms with E-state index in [0.717, 1.165) is 11.6 Å². The molecule has 5 nitrogen and oxygen atoms in total. The zero-order valence-corrected chi connectivity index (χ0v) is 14.8. The quantitative estimate of drug-likeness (QED) is 0.708. The van der Waals surface area contributed by atoms with E-state index in [2.05, 4.69) is 5.10 Å². The number of halogens is 1. The zero-order chi connectivity index (χ0) is 18.7. The van der Waals surface area contributed by atoms with Gasteiger partial charge >= 0.3 is 0 Å². The van der Waals surface area contributed by atoms with Crippen molar-refractivity contribution in [3.05, 3.63) is 75.8 Å². The van der Waals surface area contributed by atoms with E-state index >= 15 is 0 Å². The molecule has 1 heterocycles. The Morgan fingerprint density at radius 1 is 1.15 bits per heavy atom. The van der Waals surface area contributed by atoms with Crippen LogP contribution in [0.25, 0.3) is 10.9 Å². The third kappa shape index (κ3) is 3.35. The summed E-state index contributed by atoms with van der Waals surface area (Å²) in [6, 6.07) is 13.5. The van der Waals surface area contributed by atoms with Gasteiger partial charge in [-0.3, -0.25) is 14.3 Å². The summed E-state index contributed by atoms with van der Waals surface area (Å²) >= 11 is 0. The average molecular weight is 353 g/mol. The predicted molar refractivity (Wildman–Crippen MR) is 98.5 cm³/mol. The fraction of sp³-hybridized carbons (Fsp3) is 0.250. The summed E-state index contributed by atoms with van der Waals surface area (Å²) in [6.45, 7) is 4.98. The first kappa shape index (κ1) is 17.8. The van der Waals surface area contributed by atoms with Crippen molar-refractivity contribution in [2.75, 3.05) is 6.54 Å². The summed E-state index contributed by atoms with van der Waals surface area (Å²) in [7, 11) is 0. The van der Waals surface area contributed by atoms with Crippen LogP contribution >= 0.6 is 0 Å². The fourth-order valence-corrected chi connectivity index (χ4v) is 2.92. The van der Waals surface area contributed by atoms with E-state index in [1.807, 2.05) is 44.2 Å². The summed E-state index contributed by atoms with van der Waals surface area (Å²) < 4.78 is 15.2. The number of rotatable bonds is 5. The molecule has 3 aromatic rings. The molecule has 3 rings (SSSR count). The lowest BCUT2D eigenvalue weighted by Crippen LogP contribution is -2.36. The smallest absolute Gasteiger partial charge is 0.278 e. The summed E-state index contributed by atoms with van der Waals surface area (Å²) in [6.07, 6.45) is 0. The van der Waals surface area contributed by atoms with Gasteiger partial charge < -0.3 is 4.90 Å². The molecule has 1 amide bonds. The van der Waals surface area contributed by atoms with E-state index < -0.39 is 17.2 Å². The number of amides is 1. The van der Waals surface area contributed by atoms with E-state index in [-0.39, 0.29) is 11.1 Å². The molecule has 0 fully saturated rings. The minimum atomic E-state index is -0.541. The normalized spacial score (nSPS) is 10.9. The van der Waals surface area contributed by atoms with Crippen molar-refractivity contribution in [1.82, 2.24) is 14.7 Å². The molecule has 0 saturated heterocycles. The Balaban J connectivity index is 2.06. The van der Waals surface area contributed by atoms with Gasteiger partial charge in [0.05, 0.1) is 10.9 Å². The van der Waals surface area contributed by atoms with Crippen molar-refractivity contribution in [2.45, 2.75) is 26.9 Å². The van der Waals surface area contributed by atoms with Crippen molar-refractivity contribution in [3.8, 4) is 0 Å². The molecular weight excluding hydrogens is 333 g/mol. The van der Waals surface area contributed by atoms with Crippen molar-refractivity contribution >= 4 is 16.8 Å². The second-order valence-electron chi connectivity index (χ2n) is 5.96. The maximum atomic E-state index is 13.6. The van der Waals surface area contributed by atoms with Crippen molar-refractivity contribution in [1.29, 1.82) is 0 Å². The van der Waals surface area contributed by atoms with Gasteiger partial charge in [-0.15, -0.1) is 0 Å². The van der Waals surface area contributed by atoms with Crippen molar-refractivity contribution in [3.63, 3.8) is 0 Å². The topological polar surface area (TPSA) is 55.2 Å². The molecule has 0 aliphatic heterocycles. The molecule has 2 aromatic carbocycles. The first-order valence-corrected chi connectivity index (χ1v) is 8.58. The fourth-order valence-electron chi connectivity index (χ4n) is 2.92. The second kappa shape index (κ2) is 7.47. The number of aromatic nitrogens is 2. The highest BCUT2D eigenvalue weighted by Crippen LogP contribution is 2.14. The lowest BCUT2D eigenvalue weighted by atomic mass is 10.1. The van der Waals surface area contributed by atoms with E-state index in [0.29, 0.717) is 25.2 Å². The van der Waals surface area contributed by atoms with Gasteiger partial charge in [-0.25, -0.2) is 4.39 Å². The van der Waals surface area contributed by atoms with Gasteiger partial charge in [-0.05, 0) is 37.6 Å². The Morgan fingerprint density at radius 3 is 2.54 bits per heavy atom. The van der Waals surface area contributed by atoms with Gasteiger partial charge in [-0.2, -0.15) is 5.10 Å². The van der Waals surface area contributed by atoms with E-state index in [1.54, 1.807) is 9.58 Å². The number of carbonyl (C=O) groups is 1. The monoisotopic (exact) mass is 353 g/mol. The van der Waals surface area contributed by atoms with E-state index in [4.69, 9.17) is 0 Å². The Labute approximate surface area is 150 Å². The van der Waals surface area contributed by atoms with Crippen molar-refractivity contribution < 1.29 is 9.18 Å². The number of aryl methyl sites for hydroxylation is 1. The van der Waals surface area contributed by atoms with Gasteiger partial charge in [0.1, 0.15) is 5.82 Å². The molecule has 0 aliphatic rings. The highest BCUT2D eigenvalue weighted by Gasteiger charge is 2.22. The summed E-state index contributed by atoms with van der Waals surface area (Å²) in [5, 5.41) is 4.42. The van der Waals surface area contributed by atoms with Gasteiger partial charge in [0.2, 0.25) is 5.43 Å². The Hall–Kier alpha value is -3.02. The van der Waals surface area contributed by atoms with Crippen LogP contribution in [0.2, 0.25) is 0 Å². The molecule has 0 aliphatic carbocycles. The largest absolute Gasteiger partial charge is 0.333 e. The average Bonchev–Trinajstić information content (AvgIpc) is 2.67. The standard InChI is InChI=1S/C20H20FN3O2/c1-3-23(13-14-8-6-5-7-9-14)20(26)18-19(25)16-12-15(21)10-11-17(16)24(4-2)22-18/h5-12H,3-4,13H2,1-2H3. The van der Waals surface area contributed by atoms with Crippen LogP contribution in [-0.2, 0) is 13.1 Å². The highest BCUT2D eigenvalue weighted by atomic mass is 19.1. The minimum Gasteiger partial charge on any atom is -0.333 e. The maximum Gasteiger partial charge on any atom is 0.278 e. The lowest BCUT2D eigenvalue weighted by molar-refractivity contribution is 0.0743. The molecule has 26 heavy (non-hydrogen) atoms. The second-order valence-corrected chi connectivity index (χ2v) is 5.96. The molecule has 0 bridgehead atoms. The molecule has 6 heteroatoms. The summed E-state index contributed by atoms with van der Waals surface area (Å²) in [5.41, 5.74) is 0.760. The van der Waals surface area contributed by atoms with Gasteiger partial charge in [0.25, 0.3) is 5.91 Å². The Kier molecular flexibility index (Phi) is 5.11.